The Morgan fingerprint density at radius 2 is 1.60 bits per heavy atom. The molecule has 0 saturated carbocycles. The minimum atomic E-state index is 0.192. The Balaban J connectivity index is 1.75. The first-order valence-electron chi connectivity index (χ1n) is 8.87. The average molecular weight is 338 g/mol. The van der Waals surface area contributed by atoms with E-state index in [9.17, 15) is 5.11 Å². The van der Waals surface area contributed by atoms with Crippen LogP contribution in [-0.4, -0.2) is 24.1 Å². The highest BCUT2D eigenvalue weighted by molar-refractivity contribution is 5.84. The van der Waals surface area contributed by atoms with E-state index in [0.29, 0.717) is 5.56 Å². The Hall–Kier alpha value is -2.62. The Labute approximate surface area is 149 Å². The molecule has 0 aromatic heterocycles. The summed E-state index contributed by atoms with van der Waals surface area (Å²) in [5.74, 6) is 1.07. The van der Waals surface area contributed by atoms with Crippen molar-refractivity contribution >= 4 is 12.4 Å². The molecule has 1 N–H and O–H groups in total. The molecule has 2 aromatic carbocycles. The molecule has 0 amide bonds. The SMILES string of the molecule is CCCCCCCOc1ccc(/C=N/N=C/c2ccccc2O)cc1. The maximum atomic E-state index is 9.63. The first-order valence-corrected chi connectivity index (χ1v) is 8.87. The number of rotatable bonds is 10. The van der Waals surface area contributed by atoms with E-state index in [2.05, 4.69) is 17.1 Å². The molecule has 0 saturated heterocycles. The van der Waals surface area contributed by atoms with Gasteiger partial charge in [-0.2, -0.15) is 10.2 Å². The molecule has 0 unspecified atom stereocenters. The summed E-state index contributed by atoms with van der Waals surface area (Å²) in [4.78, 5) is 0. The van der Waals surface area contributed by atoms with Crippen LogP contribution in [0.1, 0.15) is 50.2 Å². The molecular formula is C21H26N2O2. The summed E-state index contributed by atoms with van der Waals surface area (Å²) in [6.07, 6.45) is 9.39. The van der Waals surface area contributed by atoms with Gasteiger partial charge in [-0.25, -0.2) is 0 Å². The topological polar surface area (TPSA) is 54.2 Å². The molecule has 0 atom stereocenters. The Kier molecular flexibility index (Phi) is 8.25. The van der Waals surface area contributed by atoms with Crippen LogP contribution in [0.25, 0.3) is 0 Å². The molecule has 0 heterocycles. The van der Waals surface area contributed by atoms with Crippen molar-refractivity contribution in [1.82, 2.24) is 0 Å². The van der Waals surface area contributed by atoms with Gasteiger partial charge in [-0.05, 0) is 48.4 Å². The zero-order valence-electron chi connectivity index (χ0n) is 14.8. The van der Waals surface area contributed by atoms with Gasteiger partial charge < -0.3 is 9.84 Å². The predicted octanol–water partition coefficient (Wildman–Crippen LogP) is 5.19. The van der Waals surface area contributed by atoms with E-state index in [0.717, 1.165) is 24.3 Å². The third-order valence-electron chi connectivity index (χ3n) is 3.80. The van der Waals surface area contributed by atoms with Crippen LogP contribution in [0.3, 0.4) is 0 Å². The van der Waals surface area contributed by atoms with Crippen molar-refractivity contribution < 1.29 is 9.84 Å². The Morgan fingerprint density at radius 3 is 2.36 bits per heavy atom. The van der Waals surface area contributed by atoms with Crippen molar-refractivity contribution in [2.24, 2.45) is 10.2 Å². The van der Waals surface area contributed by atoms with Crippen molar-refractivity contribution in [2.45, 2.75) is 39.0 Å². The van der Waals surface area contributed by atoms with Crippen LogP contribution in [0.5, 0.6) is 11.5 Å². The van der Waals surface area contributed by atoms with E-state index >= 15 is 0 Å². The maximum Gasteiger partial charge on any atom is 0.124 e. The maximum absolute atomic E-state index is 9.63. The highest BCUT2D eigenvalue weighted by Gasteiger charge is 1.96. The number of unbranched alkanes of at least 4 members (excludes halogenated alkanes) is 4. The number of nitrogens with zero attached hydrogens (tertiary/aromatic N) is 2. The highest BCUT2D eigenvalue weighted by atomic mass is 16.5. The van der Waals surface area contributed by atoms with E-state index < -0.39 is 0 Å². The van der Waals surface area contributed by atoms with Crippen molar-refractivity contribution in [2.75, 3.05) is 6.61 Å². The van der Waals surface area contributed by atoms with Crippen molar-refractivity contribution in [3.8, 4) is 11.5 Å². The summed E-state index contributed by atoms with van der Waals surface area (Å²) >= 11 is 0. The molecule has 0 aliphatic heterocycles. The van der Waals surface area contributed by atoms with Gasteiger partial charge in [-0.15, -0.1) is 0 Å². The number of phenolic OH excluding ortho intramolecular Hbond substituents is 1. The molecule has 0 aliphatic carbocycles. The van der Waals surface area contributed by atoms with E-state index in [1.54, 1.807) is 24.4 Å². The number of aromatic hydroxyl groups is 1. The zero-order chi connectivity index (χ0) is 17.7. The summed E-state index contributed by atoms with van der Waals surface area (Å²) in [5.41, 5.74) is 1.59. The first kappa shape index (κ1) is 18.7. The number of hydrogen-bond donors (Lipinski definition) is 1. The summed E-state index contributed by atoms with van der Waals surface area (Å²) in [7, 11) is 0. The van der Waals surface area contributed by atoms with Gasteiger partial charge in [-0.3, -0.25) is 0 Å². The quantitative estimate of drug-likeness (QED) is 0.368. The van der Waals surface area contributed by atoms with E-state index in [1.807, 2.05) is 30.3 Å². The molecule has 4 heteroatoms. The lowest BCUT2D eigenvalue weighted by Crippen LogP contribution is -1.97. The van der Waals surface area contributed by atoms with Crippen molar-refractivity contribution in [3.05, 3.63) is 59.7 Å². The normalized spacial score (nSPS) is 11.4. The minimum absolute atomic E-state index is 0.192. The van der Waals surface area contributed by atoms with Crippen LogP contribution in [0.4, 0.5) is 0 Å². The number of para-hydroxylation sites is 1. The number of ether oxygens (including phenoxy) is 1. The molecule has 0 fully saturated rings. The molecule has 132 valence electrons. The second-order valence-electron chi connectivity index (χ2n) is 5.88. The van der Waals surface area contributed by atoms with E-state index in [4.69, 9.17) is 4.74 Å². The van der Waals surface area contributed by atoms with E-state index in [-0.39, 0.29) is 5.75 Å². The zero-order valence-corrected chi connectivity index (χ0v) is 14.8. The van der Waals surface area contributed by atoms with E-state index in [1.165, 1.54) is 31.9 Å². The Bertz CT molecular complexity index is 679. The highest BCUT2D eigenvalue weighted by Crippen LogP contribution is 2.14. The molecule has 0 spiro atoms. The van der Waals surface area contributed by atoms with Gasteiger partial charge in [0.1, 0.15) is 11.5 Å². The largest absolute Gasteiger partial charge is 0.507 e. The third kappa shape index (κ3) is 7.21. The molecule has 4 nitrogen and oxygen atoms in total. The van der Waals surface area contributed by atoms with Crippen LogP contribution < -0.4 is 4.74 Å². The number of phenols is 1. The van der Waals surface area contributed by atoms with Crippen molar-refractivity contribution in [3.63, 3.8) is 0 Å². The summed E-state index contributed by atoms with van der Waals surface area (Å²) in [6.45, 7) is 2.99. The first-order chi connectivity index (χ1) is 12.3. The summed E-state index contributed by atoms with van der Waals surface area (Å²) in [5, 5.41) is 17.6. The van der Waals surface area contributed by atoms with Crippen LogP contribution in [0.15, 0.2) is 58.7 Å². The van der Waals surface area contributed by atoms with Gasteiger partial charge in [0.25, 0.3) is 0 Å². The third-order valence-corrected chi connectivity index (χ3v) is 3.80. The second-order valence-corrected chi connectivity index (χ2v) is 5.88. The molecule has 2 rings (SSSR count). The molecule has 2 aromatic rings. The molecule has 0 radical (unpaired) electrons. The lowest BCUT2D eigenvalue weighted by atomic mass is 10.2. The second kappa shape index (κ2) is 11.0. The standard InChI is InChI=1S/C21H26N2O2/c1-2-3-4-5-8-15-25-20-13-11-18(12-14-20)16-22-23-17-19-9-6-7-10-21(19)24/h6-7,9-14,16-17,24H,2-5,8,15H2,1H3/b22-16+,23-17+. The van der Waals surface area contributed by atoms with Gasteiger partial charge in [0.05, 0.1) is 19.0 Å². The fourth-order valence-electron chi connectivity index (χ4n) is 2.34. The minimum Gasteiger partial charge on any atom is -0.507 e. The van der Waals surface area contributed by atoms with Crippen molar-refractivity contribution in [1.29, 1.82) is 0 Å². The lowest BCUT2D eigenvalue weighted by Gasteiger charge is -2.06. The van der Waals surface area contributed by atoms with Gasteiger partial charge >= 0.3 is 0 Å². The molecule has 0 bridgehead atoms. The molecule has 25 heavy (non-hydrogen) atoms. The van der Waals surface area contributed by atoms with Gasteiger partial charge in [0.2, 0.25) is 0 Å². The number of benzene rings is 2. The van der Waals surface area contributed by atoms with Crippen LogP contribution in [-0.2, 0) is 0 Å². The fraction of sp³-hybridized carbons (Fsp3) is 0.333. The molecule has 0 aliphatic rings. The van der Waals surface area contributed by atoms with Gasteiger partial charge in [0.15, 0.2) is 0 Å². The van der Waals surface area contributed by atoms with Crippen LogP contribution in [0, 0.1) is 0 Å². The lowest BCUT2D eigenvalue weighted by molar-refractivity contribution is 0.304. The van der Waals surface area contributed by atoms with Gasteiger partial charge in [-0.1, -0.05) is 44.7 Å². The fourth-order valence-corrected chi connectivity index (χ4v) is 2.34. The van der Waals surface area contributed by atoms with Crippen LogP contribution in [0.2, 0.25) is 0 Å². The smallest absolute Gasteiger partial charge is 0.124 e. The number of hydrogen-bond acceptors (Lipinski definition) is 4. The predicted molar refractivity (Wildman–Crippen MR) is 104 cm³/mol. The summed E-state index contributed by atoms with van der Waals surface area (Å²) in [6, 6.07) is 14.8. The average Bonchev–Trinajstić information content (AvgIpc) is 2.64. The van der Waals surface area contributed by atoms with Crippen LogP contribution >= 0.6 is 0 Å². The Morgan fingerprint density at radius 1 is 0.880 bits per heavy atom. The monoisotopic (exact) mass is 338 g/mol. The summed E-state index contributed by atoms with van der Waals surface area (Å²) < 4.78 is 5.74. The molecular weight excluding hydrogens is 312 g/mol. The van der Waals surface area contributed by atoms with Gasteiger partial charge in [0, 0.05) is 5.56 Å².